The molecule has 0 aliphatic heterocycles. The molecule has 1 heterocycles. The van der Waals surface area contributed by atoms with Crippen molar-refractivity contribution in [2.75, 3.05) is 10.7 Å². The fourth-order valence-corrected chi connectivity index (χ4v) is 6.29. The van der Waals surface area contributed by atoms with Crippen LogP contribution in [0.1, 0.15) is 10.4 Å². The SMILES string of the molecule is BrCC(CBr)(Cc1sccc1Br)c1ccccc1Br. The van der Waals surface area contributed by atoms with E-state index in [0.717, 1.165) is 17.1 Å². The molecule has 0 saturated carbocycles. The predicted octanol–water partition coefficient (Wildman–Crippen LogP) is 6.54. The van der Waals surface area contributed by atoms with Gasteiger partial charge >= 0.3 is 0 Å². The van der Waals surface area contributed by atoms with Crippen molar-refractivity contribution in [3.8, 4) is 0 Å². The number of halogens is 4. The van der Waals surface area contributed by atoms with E-state index in [9.17, 15) is 0 Å². The molecule has 0 aliphatic carbocycles. The average molecular weight is 532 g/mol. The van der Waals surface area contributed by atoms with Gasteiger partial charge in [-0.2, -0.15) is 0 Å². The molecule has 0 spiro atoms. The molecule has 2 rings (SSSR count). The van der Waals surface area contributed by atoms with Gasteiger partial charge in [-0.1, -0.05) is 66.0 Å². The lowest BCUT2D eigenvalue weighted by molar-refractivity contribution is 0.552. The van der Waals surface area contributed by atoms with Gasteiger partial charge < -0.3 is 0 Å². The topological polar surface area (TPSA) is 0 Å². The van der Waals surface area contributed by atoms with Gasteiger partial charge in [-0.25, -0.2) is 0 Å². The van der Waals surface area contributed by atoms with Gasteiger partial charge in [-0.05, 0) is 45.4 Å². The first kappa shape index (κ1) is 16.2. The standard InChI is InChI=1S/C14H12Br4S/c15-8-14(9-16,7-13-12(18)5-6-19-13)10-3-1-2-4-11(10)17/h1-6H,7-9H2. The van der Waals surface area contributed by atoms with E-state index in [0.29, 0.717) is 0 Å². The van der Waals surface area contributed by atoms with E-state index in [-0.39, 0.29) is 5.41 Å². The number of rotatable bonds is 5. The van der Waals surface area contributed by atoms with Crippen molar-refractivity contribution in [3.05, 3.63) is 55.1 Å². The second-order valence-corrected chi connectivity index (χ2v) is 8.23. The number of hydrogen-bond donors (Lipinski definition) is 0. The van der Waals surface area contributed by atoms with Gasteiger partial charge in [0.05, 0.1) is 0 Å². The lowest BCUT2D eigenvalue weighted by Gasteiger charge is -2.31. The third-order valence-corrected chi connectivity index (χ3v) is 7.91. The Morgan fingerprint density at radius 3 is 2.16 bits per heavy atom. The minimum atomic E-state index is 0.0491. The summed E-state index contributed by atoms with van der Waals surface area (Å²) in [6, 6.07) is 10.6. The molecular weight excluding hydrogens is 520 g/mol. The maximum atomic E-state index is 3.71. The summed E-state index contributed by atoms with van der Waals surface area (Å²) in [5.74, 6) is 0. The molecule has 0 bridgehead atoms. The highest BCUT2D eigenvalue weighted by Gasteiger charge is 2.33. The van der Waals surface area contributed by atoms with Crippen LogP contribution in [0.25, 0.3) is 0 Å². The Kier molecular flexibility index (Phi) is 6.15. The zero-order valence-electron chi connectivity index (χ0n) is 10.0. The Labute approximate surface area is 151 Å². The first-order valence-corrected chi connectivity index (χ1v) is 10.4. The van der Waals surface area contributed by atoms with Crippen molar-refractivity contribution in [2.45, 2.75) is 11.8 Å². The molecule has 0 unspecified atom stereocenters. The molecule has 2 aromatic rings. The van der Waals surface area contributed by atoms with Crippen LogP contribution in [0.2, 0.25) is 0 Å². The summed E-state index contributed by atoms with van der Waals surface area (Å²) < 4.78 is 2.37. The molecule has 19 heavy (non-hydrogen) atoms. The molecule has 0 atom stereocenters. The van der Waals surface area contributed by atoms with Crippen LogP contribution in [0.15, 0.2) is 44.7 Å². The summed E-state index contributed by atoms with van der Waals surface area (Å²) in [7, 11) is 0. The summed E-state index contributed by atoms with van der Waals surface area (Å²) in [5.41, 5.74) is 1.39. The number of thiophene rings is 1. The summed E-state index contributed by atoms with van der Waals surface area (Å²) in [4.78, 5) is 1.38. The second kappa shape index (κ2) is 7.21. The van der Waals surface area contributed by atoms with Crippen LogP contribution in [0, 0.1) is 0 Å². The van der Waals surface area contributed by atoms with Crippen LogP contribution in [-0.2, 0) is 11.8 Å². The largest absolute Gasteiger partial charge is 0.148 e. The second-order valence-electron chi connectivity index (χ2n) is 4.40. The highest BCUT2D eigenvalue weighted by Crippen LogP contribution is 2.39. The van der Waals surface area contributed by atoms with Crippen molar-refractivity contribution < 1.29 is 0 Å². The molecule has 0 aliphatic rings. The van der Waals surface area contributed by atoms with Crippen LogP contribution in [0.5, 0.6) is 0 Å². The smallest absolute Gasteiger partial charge is 0.0314 e. The van der Waals surface area contributed by atoms with Crippen LogP contribution in [0.4, 0.5) is 0 Å². The molecule has 0 saturated heterocycles. The average Bonchev–Trinajstić information content (AvgIpc) is 2.82. The Hall–Kier alpha value is 0.840. The number of hydrogen-bond acceptors (Lipinski definition) is 1. The molecule has 1 aromatic carbocycles. The minimum absolute atomic E-state index is 0.0491. The lowest BCUT2D eigenvalue weighted by atomic mass is 9.81. The van der Waals surface area contributed by atoms with Crippen molar-refractivity contribution in [1.29, 1.82) is 0 Å². The minimum Gasteiger partial charge on any atom is -0.148 e. The Bertz CT molecular complexity index is 546. The van der Waals surface area contributed by atoms with Gasteiger partial charge in [-0.15, -0.1) is 11.3 Å². The summed E-state index contributed by atoms with van der Waals surface area (Å²) in [6.07, 6.45) is 1.00. The van der Waals surface area contributed by atoms with Crippen LogP contribution >= 0.6 is 75.1 Å². The van der Waals surface area contributed by atoms with Gasteiger partial charge in [-0.3, -0.25) is 0 Å². The molecule has 0 amide bonds. The molecule has 0 nitrogen and oxygen atoms in total. The van der Waals surface area contributed by atoms with Gasteiger partial charge in [0, 0.05) is 29.9 Å². The zero-order valence-corrected chi connectivity index (χ0v) is 17.2. The molecular formula is C14H12Br4S. The van der Waals surface area contributed by atoms with Crippen molar-refractivity contribution in [2.24, 2.45) is 0 Å². The van der Waals surface area contributed by atoms with E-state index in [4.69, 9.17) is 0 Å². The maximum Gasteiger partial charge on any atom is 0.0314 e. The van der Waals surface area contributed by atoms with Gasteiger partial charge in [0.2, 0.25) is 0 Å². The first-order chi connectivity index (χ1) is 9.13. The predicted molar refractivity (Wildman–Crippen MR) is 99.1 cm³/mol. The van der Waals surface area contributed by atoms with Gasteiger partial charge in [0.15, 0.2) is 0 Å². The van der Waals surface area contributed by atoms with Gasteiger partial charge in [0.25, 0.3) is 0 Å². The third-order valence-electron chi connectivity index (χ3n) is 3.15. The summed E-state index contributed by atoms with van der Waals surface area (Å²) in [5, 5.41) is 3.96. The van der Waals surface area contributed by atoms with Crippen LogP contribution < -0.4 is 0 Å². The third kappa shape index (κ3) is 3.54. The van der Waals surface area contributed by atoms with Crippen molar-refractivity contribution in [3.63, 3.8) is 0 Å². The van der Waals surface area contributed by atoms with E-state index in [2.05, 4.69) is 99.4 Å². The summed E-state index contributed by atoms with van der Waals surface area (Å²) in [6.45, 7) is 0. The molecule has 1 aromatic heterocycles. The van der Waals surface area contributed by atoms with E-state index in [1.54, 1.807) is 11.3 Å². The van der Waals surface area contributed by atoms with E-state index < -0.39 is 0 Å². The van der Waals surface area contributed by atoms with Crippen LogP contribution in [-0.4, -0.2) is 10.7 Å². The normalized spacial score (nSPS) is 11.8. The summed E-state index contributed by atoms with van der Waals surface area (Å²) >= 11 is 16.6. The molecule has 0 fully saturated rings. The first-order valence-electron chi connectivity index (χ1n) is 5.72. The zero-order chi connectivity index (χ0) is 13.9. The molecule has 102 valence electrons. The lowest BCUT2D eigenvalue weighted by Crippen LogP contribution is -2.33. The Balaban J connectivity index is 2.44. The van der Waals surface area contributed by atoms with Gasteiger partial charge in [0.1, 0.15) is 0 Å². The maximum absolute atomic E-state index is 3.71. The Morgan fingerprint density at radius 1 is 0.947 bits per heavy atom. The van der Waals surface area contributed by atoms with E-state index in [1.165, 1.54) is 19.4 Å². The molecule has 5 heteroatoms. The van der Waals surface area contributed by atoms with Crippen molar-refractivity contribution in [1.82, 2.24) is 0 Å². The fourth-order valence-electron chi connectivity index (χ4n) is 2.02. The number of benzene rings is 1. The van der Waals surface area contributed by atoms with Crippen molar-refractivity contribution >= 4 is 75.1 Å². The van der Waals surface area contributed by atoms with E-state index in [1.807, 2.05) is 0 Å². The monoisotopic (exact) mass is 528 g/mol. The Morgan fingerprint density at radius 2 is 1.63 bits per heavy atom. The molecule has 0 radical (unpaired) electrons. The quantitative estimate of drug-likeness (QED) is 0.384. The van der Waals surface area contributed by atoms with Crippen LogP contribution in [0.3, 0.4) is 0 Å². The highest BCUT2D eigenvalue weighted by atomic mass is 79.9. The number of alkyl halides is 2. The van der Waals surface area contributed by atoms with E-state index >= 15 is 0 Å². The fraction of sp³-hybridized carbons (Fsp3) is 0.286. The highest BCUT2D eigenvalue weighted by molar-refractivity contribution is 9.11. The molecule has 0 N–H and O–H groups in total.